The maximum absolute atomic E-state index is 13.8. The Morgan fingerprint density at radius 2 is 1.80 bits per heavy atom. The van der Waals surface area contributed by atoms with Gasteiger partial charge in [0.05, 0.1) is 23.6 Å². The SMILES string of the molecule is COc1ncc(-c2c(N)ncnc2N[C@@H](C)C2Nn3ccc(C)c3C(=O)N2c2ccccc2)cc1NS(=O)(=O)c1ccc(O)cc1. The van der Waals surface area contributed by atoms with E-state index in [1.807, 2.05) is 56.4 Å². The number of amides is 1. The lowest BCUT2D eigenvalue weighted by Gasteiger charge is -2.41. The van der Waals surface area contributed by atoms with Gasteiger partial charge in [-0.1, -0.05) is 18.2 Å². The highest BCUT2D eigenvalue weighted by molar-refractivity contribution is 7.92. The van der Waals surface area contributed by atoms with Crippen molar-refractivity contribution in [2.24, 2.45) is 0 Å². The van der Waals surface area contributed by atoms with E-state index in [4.69, 9.17) is 10.5 Å². The third-order valence-electron chi connectivity index (χ3n) is 7.53. The van der Waals surface area contributed by atoms with Crippen LogP contribution in [0.2, 0.25) is 0 Å². The second-order valence-electron chi connectivity index (χ2n) is 10.6. The fourth-order valence-electron chi connectivity index (χ4n) is 5.29. The number of nitrogens with one attached hydrogen (secondary N) is 3. The fourth-order valence-corrected chi connectivity index (χ4v) is 6.34. The number of nitrogen functional groups attached to an aromatic ring is 1. The molecule has 3 aromatic heterocycles. The zero-order valence-electron chi connectivity index (χ0n) is 25.0. The first kappa shape index (κ1) is 30.2. The molecule has 0 fully saturated rings. The Hall–Kier alpha value is -5.83. The summed E-state index contributed by atoms with van der Waals surface area (Å²) in [4.78, 5) is 28.4. The summed E-state index contributed by atoms with van der Waals surface area (Å²) in [6, 6.07) is 17.4. The molecule has 0 spiro atoms. The van der Waals surface area contributed by atoms with E-state index in [0.29, 0.717) is 28.3 Å². The molecule has 6 rings (SSSR count). The van der Waals surface area contributed by atoms with Crippen LogP contribution >= 0.6 is 0 Å². The molecule has 5 aromatic rings. The summed E-state index contributed by atoms with van der Waals surface area (Å²) < 4.78 is 35.9. The Labute approximate surface area is 264 Å². The number of phenolic OH excluding ortho intramolecular Hbond substituents is 1. The number of aryl methyl sites for hydroxylation is 1. The van der Waals surface area contributed by atoms with Crippen molar-refractivity contribution in [3.63, 3.8) is 0 Å². The third kappa shape index (κ3) is 5.59. The number of rotatable bonds is 9. The number of carbonyl (C=O) groups excluding carboxylic acids is 1. The Morgan fingerprint density at radius 3 is 2.52 bits per heavy atom. The van der Waals surface area contributed by atoms with Crippen molar-refractivity contribution in [3.8, 4) is 22.8 Å². The molecule has 4 heterocycles. The summed E-state index contributed by atoms with van der Waals surface area (Å²) in [5.74, 6) is 0.220. The minimum Gasteiger partial charge on any atom is -0.508 e. The third-order valence-corrected chi connectivity index (χ3v) is 8.91. The molecule has 236 valence electrons. The van der Waals surface area contributed by atoms with E-state index in [0.717, 1.165) is 5.56 Å². The summed E-state index contributed by atoms with van der Waals surface area (Å²) in [7, 11) is -2.72. The van der Waals surface area contributed by atoms with Crippen LogP contribution in [-0.4, -0.2) is 58.4 Å². The van der Waals surface area contributed by atoms with Crippen LogP contribution in [0, 0.1) is 6.92 Å². The first-order valence-corrected chi connectivity index (χ1v) is 15.6. The predicted molar refractivity (Wildman–Crippen MR) is 174 cm³/mol. The zero-order valence-corrected chi connectivity index (χ0v) is 25.9. The van der Waals surface area contributed by atoms with Gasteiger partial charge in [0.1, 0.15) is 41.3 Å². The number of fused-ring (bicyclic) bond motifs is 1. The van der Waals surface area contributed by atoms with Crippen LogP contribution in [0.25, 0.3) is 11.1 Å². The summed E-state index contributed by atoms with van der Waals surface area (Å²) in [5.41, 5.74) is 12.7. The number of aromatic nitrogens is 4. The number of anilines is 4. The van der Waals surface area contributed by atoms with Gasteiger partial charge >= 0.3 is 0 Å². The Balaban J connectivity index is 1.36. The van der Waals surface area contributed by atoms with Gasteiger partial charge in [-0.25, -0.2) is 23.4 Å². The standard InChI is InChI=1S/C31H31N9O5S/c1-18-13-14-39-26(18)31(42)40(21-7-5-4-6-8-21)29(37-39)19(2)36-28-25(27(32)34-17-35-28)20-15-24(30(45-3)33-16-20)38-46(43,44)23-11-9-22(41)10-12-23/h4-17,19,29,37-38,41H,1-3H3,(H3,32,34,35,36)/t19-,29?/m0/s1. The van der Waals surface area contributed by atoms with Gasteiger partial charge in [-0.05, 0) is 67.9 Å². The lowest BCUT2D eigenvalue weighted by Crippen LogP contribution is -2.59. The number of benzene rings is 2. The summed E-state index contributed by atoms with van der Waals surface area (Å²) in [5, 5.41) is 13.0. The van der Waals surface area contributed by atoms with Crippen LogP contribution in [-0.2, 0) is 10.0 Å². The van der Waals surface area contributed by atoms with Crippen LogP contribution in [0.3, 0.4) is 0 Å². The average molecular weight is 642 g/mol. The molecule has 1 unspecified atom stereocenters. The lowest BCUT2D eigenvalue weighted by atomic mass is 10.1. The second kappa shape index (κ2) is 11.9. The van der Waals surface area contributed by atoms with Gasteiger partial charge in [0.2, 0.25) is 5.88 Å². The van der Waals surface area contributed by atoms with E-state index in [9.17, 15) is 18.3 Å². The maximum Gasteiger partial charge on any atom is 0.278 e. The minimum absolute atomic E-state index is 0.0191. The van der Waals surface area contributed by atoms with Crippen LogP contribution in [0.5, 0.6) is 11.6 Å². The van der Waals surface area contributed by atoms with E-state index in [1.165, 1.54) is 50.0 Å². The van der Waals surface area contributed by atoms with E-state index < -0.39 is 22.2 Å². The lowest BCUT2D eigenvalue weighted by molar-refractivity contribution is 0.0954. The van der Waals surface area contributed by atoms with Crippen molar-refractivity contribution in [1.82, 2.24) is 19.6 Å². The first-order chi connectivity index (χ1) is 22.1. The van der Waals surface area contributed by atoms with Crippen molar-refractivity contribution < 1.29 is 23.1 Å². The summed E-state index contributed by atoms with van der Waals surface area (Å²) in [6.45, 7) is 3.78. The highest BCUT2D eigenvalue weighted by Gasteiger charge is 2.38. The second-order valence-corrected chi connectivity index (χ2v) is 12.3. The molecule has 14 nitrogen and oxygen atoms in total. The monoisotopic (exact) mass is 641 g/mol. The number of hydrogen-bond acceptors (Lipinski definition) is 11. The Morgan fingerprint density at radius 1 is 1.07 bits per heavy atom. The molecule has 1 aliphatic heterocycles. The zero-order chi connectivity index (χ0) is 32.6. The summed E-state index contributed by atoms with van der Waals surface area (Å²) >= 11 is 0. The number of sulfonamides is 1. The molecule has 15 heteroatoms. The molecule has 0 saturated carbocycles. The first-order valence-electron chi connectivity index (χ1n) is 14.1. The van der Waals surface area contributed by atoms with Crippen LogP contribution in [0.4, 0.5) is 23.0 Å². The maximum atomic E-state index is 13.8. The number of aromatic hydroxyl groups is 1. The molecule has 2 atom stereocenters. The van der Waals surface area contributed by atoms with E-state index in [2.05, 4.69) is 30.4 Å². The quantitative estimate of drug-likeness (QED) is 0.157. The van der Waals surface area contributed by atoms with Crippen molar-refractivity contribution in [3.05, 3.63) is 96.7 Å². The van der Waals surface area contributed by atoms with Crippen LogP contribution in [0.1, 0.15) is 23.0 Å². The molecule has 0 bridgehead atoms. The number of methoxy groups -OCH3 is 1. The largest absolute Gasteiger partial charge is 0.508 e. The van der Waals surface area contributed by atoms with Gasteiger partial charge in [-0.3, -0.25) is 19.1 Å². The molecule has 46 heavy (non-hydrogen) atoms. The molecule has 1 aliphatic rings. The number of phenols is 1. The molecular weight excluding hydrogens is 610 g/mol. The van der Waals surface area contributed by atoms with Gasteiger partial charge in [-0.15, -0.1) is 0 Å². The Kier molecular flexibility index (Phi) is 7.83. The highest BCUT2D eigenvalue weighted by atomic mass is 32.2. The van der Waals surface area contributed by atoms with Gasteiger partial charge < -0.3 is 26.3 Å². The van der Waals surface area contributed by atoms with Gasteiger partial charge in [0, 0.05) is 23.6 Å². The van der Waals surface area contributed by atoms with Crippen molar-refractivity contribution in [1.29, 1.82) is 0 Å². The number of nitrogens with zero attached hydrogens (tertiary/aromatic N) is 5. The van der Waals surface area contributed by atoms with E-state index >= 15 is 0 Å². The van der Waals surface area contributed by atoms with Crippen LogP contribution < -0.4 is 30.8 Å². The average Bonchev–Trinajstić information content (AvgIpc) is 3.42. The number of nitrogens with two attached hydrogens (primary N) is 1. The molecule has 0 radical (unpaired) electrons. The van der Waals surface area contributed by atoms with Gasteiger partial charge in [0.25, 0.3) is 15.9 Å². The molecule has 0 saturated heterocycles. The fraction of sp³-hybridized carbons (Fsp3) is 0.161. The van der Waals surface area contributed by atoms with Crippen molar-refractivity contribution in [2.75, 3.05) is 33.2 Å². The highest BCUT2D eigenvalue weighted by Crippen LogP contribution is 2.36. The molecule has 2 aromatic carbocycles. The van der Waals surface area contributed by atoms with Gasteiger partial charge in [-0.2, -0.15) is 0 Å². The number of ether oxygens (including phenoxy) is 1. The smallest absolute Gasteiger partial charge is 0.278 e. The Bertz CT molecular complexity index is 2020. The van der Waals surface area contributed by atoms with E-state index in [1.54, 1.807) is 9.58 Å². The molecule has 6 N–H and O–H groups in total. The summed E-state index contributed by atoms with van der Waals surface area (Å²) in [6.07, 6.45) is 4.01. The van der Waals surface area contributed by atoms with Crippen molar-refractivity contribution in [2.45, 2.75) is 31.0 Å². The van der Waals surface area contributed by atoms with Crippen LogP contribution in [0.15, 0.2) is 90.3 Å². The minimum atomic E-state index is -4.08. The number of pyridine rings is 1. The normalized spacial score (nSPS) is 15.1. The predicted octanol–water partition coefficient (Wildman–Crippen LogP) is 3.78. The van der Waals surface area contributed by atoms with Crippen molar-refractivity contribution >= 4 is 38.9 Å². The van der Waals surface area contributed by atoms with Gasteiger partial charge in [0.15, 0.2) is 0 Å². The topological polar surface area (TPSA) is 190 Å². The number of carbonyl (C=O) groups is 1. The number of hydrogen-bond donors (Lipinski definition) is 5. The molecule has 1 amide bonds. The molecule has 0 aliphatic carbocycles. The molecular formula is C31H31N9O5S. The van der Waals surface area contributed by atoms with E-state index in [-0.39, 0.29) is 33.9 Å². The number of para-hydroxylation sites is 1.